The van der Waals surface area contributed by atoms with Crippen LogP contribution in [0.25, 0.3) is 0 Å². The first-order valence-electron chi connectivity index (χ1n) is 6.50. The van der Waals surface area contributed by atoms with Crippen LogP contribution in [0.15, 0.2) is 4.99 Å². The van der Waals surface area contributed by atoms with E-state index in [1.165, 1.54) is 0 Å². The van der Waals surface area contributed by atoms with Crippen LogP contribution in [0.5, 0.6) is 0 Å². The molecular formula is C13H29N3O2S. The summed E-state index contributed by atoms with van der Waals surface area (Å²) in [5.74, 6) is 1.31. The van der Waals surface area contributed by atoms with Gasteiger partial charge in [-0.2, -0.15) is 0 Å². The van der Waals surface area contributed by atoms with E-state index in [1.807, 2.05) is 34.6 Å². The van der Waals surface area contributed by atoms with Gasteiger partial charge in [-0.1, -0.05) is 0 Å². The summed E-state index contributed by atoms with van der Waals surface area (Å²) < 4.78 is 17.0. The SMILES string of the molecule is CN=C(NCCS(=O)C(C)(C)C)NCC(C)(C)OC. The lowest BCUT2D eigenvalue weighted by molar-refractivity contribution is 0.0268. The molecule has 5 nitrogen and oxygen atoms in total. The summed E-state index contributed by atoms with van der Waals surface area (Å²) in [6.07, 6.45) is 0. The highest BCUT2D eigenvalue weighted by Crippen LogP contribution is 2.10. The predicted molar refractivity (Wildman–Crippen MR) is 83.2 cm³/mol. The molecule has 0 fully saturated rings. The molecule has 0 aliphatic carbocycles. The van der Waals surface area contributed by atoms with Crippen LogP contribution in [0.2, 0.25) is 0 Å². The molecule has 0 rings (SSSR count). The first-order chi connectivity index (χ1) is 8.62. The van der Waals surface area contributed by atoms with Crippen molar-refractivity contribution in [1.82, 2.24) is 10.6 Å². The number of methoxy groups -OCH3 is 1. The third kappa shape index (κ3) is 8.21. The summed E-state index contributed by atoms with van der Waals surface area (Å²) in [5.41, 5.74) is -0.244. The third-order valence-corrected chi connectivity index (χ3v) is 4.66. The van der Waals surface area contributed by atoms with Crippen molar-refractivity contribution in [2.45, 2.75) is 45.0 Å². The van der Waals surface area contributed by atoms with E-state index in [9.17, 15) is 4.21 Å². The number of nitrogens with zero attached hydrogens (tertiary/aromatic N) is 1. The molecule has 0 saturated carbocycles. The molecule has 6 heteroatoms. The van der Waals surface area contributed by atoms with Crippen molar-refractivity contribution >= 4 is 16.8 Å². The van der Waals surface area contributed by atoms with Crippen molar-refractivity contribution in [1.29, 1.82) is 0 Å². The fraction of sp³-hybridized carbons (Fsp3) is 0.923. The molecule has 2 N–H and O–H groups in total. The molecule has 0 spiro atoms. The molecular weight excluding hydrogens is 262 g/mol. The van der Waals surface area contributed by atoms with Crippen LogP contribution >= 0.6 is 0 Å². The number of ether oxygens (including phenoxy) is 1. The number of hydrogen-bond donors (Lipinski definition) is 2. The summed E-state index contributed by atoms with van der Waals surface area (Å²) >= 11 is 0. The van der Waals surface area contributed by atoms with E-state index in [0.29, 0.717) is 24.8 Å². The van der Waals surface area contributed by atoms with E-state index in [2.05, 4.69) is 15.6 Å². The third-order valence-electron chi connectivity index (χ3n) is 2.72. The van der Waals surface area contributed by atoms with Gasteiger partial charge in [0.15, 0.2) is 5.96 Å². The van der Waals surface area contributed by atoms with Crippen LogP contribution < -0.4 is 10.6 Å². The lowest BCUT2D eigenvalue weighted by Gasteiger charge is -2.24. The second kappa shape index (κ2) is 7.85. The van der Waals surface area contributed by atoms with Gasteiger partial charge in [0, 0.05) is 48.5 Å². The quantitative estimate of drug-likeness (QED) is 0.569. The zero-order valence-corrected chi connectivity index (χ0v) is 14.1. The monoisotopic (exact) mass is 291 g/mol. The van der Waals surface area contributed by atoms with Gasteiger partial charge in [0.1, 0.15) is 0 Å². The van der Waals surface area contributed by atoms with Gasteiger partial charge in [-0.05, 0) is 34.6 Å². The Morgan fingerprint density at radius 1 is 1.21 bits per heavy atom. The van der Waals surface area contributed by atoms with E-state index < -0.39 is 10.8 Å². The molecule has 0 aromatic carbocycles. The molecule has 1 atom stereocenters. The topological polar surface area (TPSA) is 62.7 Å². The van der Waals surface area contributed by atoms with Crippen LogP contribution in [-0.4, -0.2) is 53.5 Å². The largest absolute Gasteiger partial charge is 0.377 e. The van der Waals surface area contributed by atoms with Gasteiger partial charge in [-0.15, -0.1) is 0 Å². The zero-order chi connectivity index (χ0) is 15.1. The van der Waals surface area contributed by atoms with Gasteiger partial charge < -0.3 is 15.4 Å². The van der Waals surface area contributed by atoms with Crippen LogP contribution in [0.4, 0.5) is 0 Å². The maximum atomic E-state index is 11.9. The van der Waals surface area contributed by atoms with Crippen molar-refractivity contribution in [3.63, 3.8) is 0 Å². The van der Waals surface area contributed by atoms with Crippen molar-refractivity contribution in [3.05, 3.63) is 0 Å². The highest BCUT2D eigenvalue weighted by molar-refractivity contribution is 7.86. The fourth-order valence-electron chi connectivity index (χ4n) is 1.16. The van der Waals surface area contributed by atoms with E-state index in [4.69, 9.17) is 4.74 Å². The molecule has 0 saturated heterocycles. The second-order valence-corrected chi connectivity index (χ2v) is 8.30. The maximum Gasteiger partial charge on any atom is 0.191 e. The van der Waals surface area contributed by atoms with Gasteiger partial charge in [0.25, 0.3) is 0 Å². The average molecular weight is 291 g/mol. The Morgan fingerprint density at radius 2 is 1.79 bits per heavy atom. The summed E-state index contributed by atoms with van der Waals surface area (Å²) in [5, 5.41) is 6.35. The van der Waals surface area contributed by atoms with Crippen molar-refractivity contribution in [3.8, 4) is 0 Å². The first kappa shape index (κ1) is 18.4. The van der Waals surface area contributed by atoms with Crippen LogP contribution in [-0.2, 0) is 15.5 Å². The average Bonchev–Trinajstić information content (AvgIpc) is 2.32. The Morgan fingerprint density at radius 3 is 2.21 bits per heavy atom. The van der Waals surface area contributed by atoms with E-state index in [1.54, 1.807) is 14.2 Å². The lowest BCUT2D eigenvalue weighted by Crippen LogP contribution is -2.46. The minimum absolute atomic E-state index is 0.170. The molecule has 0 aliphatic heterocycles. The van der Waals surface area contributed by atoms with E-state index in [0.717, 1.165) is 0 Å². The van der Waals surface area contributed by atoms with Crippen LogP contribution in [0.3, 0.4) is 0 Å². The minimum atomic E-state index is -0.848. The Balaban J connectivity index is 4.07. The lowest BCUT2D eigenvalue weighted by atomic mass is 10.1. The maximum absolute atomic E-state index is 11.9. The van der Waals surface area contributed by atoms with E-state index in [-0.39, 0.29) is 10.3 Å². The Hall–Kier alpha value is -0.620. The van der Waals surface area contributed by atoms with Gasteiger partial charge in [0.05, 0.1) is 5.60 Å². The molecule has 0 heterocycles. The second-order valence-electron chi connectivity index (χ2n) is 5.98. The molecule has 1 unspecified atom stereocenters. The summed E-state index contributed by atoms with van der Waals surface area (Å²) in [6, 6.07) is 0. The first-order valence-corrected chi connectivity index (χ1v) is 7.82. The number of guanidine groups is 1. The molecule has 0 amide bonds. The number of aliphatic imine (C=N–C) groups is 1. The van der Waals surface area contributed by atoms with Crippen LogP contribution in [0, 0.1) is 0 Å². The number of hydrogen-bond acceptors (Lipinski definition) is 3. The number of nitrogens with one attached hydrogen (secondary N) is 2. The molecule has 0 aromatic heterocycles. The summed E-state index contributed by atoms with van der Waals surface area (Å²) in [6.45, 7) is 11.2. The summed E-state index contributed by atoms with van der Waals surface area (Å²) in [4.78, 5) is 4.12. The van der Waals surface area contributed by atoms with Crippen molar-refractivity contribution in [2.75, 3.05) is 33.0 Å². The van der Waals surface area contributed by atoms with Gasteiger partial charge in [0.2, 0.25) is 0 Å². The standard InChI is InChI=1S/C13H29N3O2S/c1-12(2,3)19(17)9-8-15-11(14-6)16-10-13(4,5)18-7/h8-10H2,1-7H3,(H2,14,15,16). The van der Waals surface area contributed by atoms with E-state index >= 15 is 0 Å². The molecule has 19 heavy (non-hydrogen) atoms. The molecule has 0 aromatic rings. The van der Waals surface area contributed by atoms with Gasteiger partial charge >= 0.3 is 0 Å². The van der Waals surface area contributed by atoms with Crippen LogP contribution in [0.1, 0.15) is 34.6 Å². The summed E-state index contributed by atoms with van der Waals surface area (Å²) in [7, 11) is 2.55. The molecule has 114 valence electrons. The molecule has 0 aliphatic rings. The normalized spacial score (nSPS) is 15.2. The van der Waals surface area contributed by atoms with Gasteiger partial charge in [-0.3, -0.25) is 9.20 Å². The van der Waals surface area contributed by atoms with Crippen molar-refractivity contribution < 1.29 is 8.95 Å². The Kier molecular flexibility index (Phi) is 7.59. The highest BCUT2D eigenvalue weighted by Gasteiger charge is 2.19. The highest BCUT2D eigenvalue weighted by atomic mass is 32.2. The predicted octanol–water partition coefficient (Wildman–Crippen LogP) is 1.12. The Bertz CT molecular complexity index is 322. The molecule has 0 bridgehead atoms. The minimum Gasteiger partial charge on any atom is -0.377 e. The Labute approximate surface area is 120 Å². The van der Waals surface area contributed by atoms with Gasteiger partial charge in [-0.25, -0.2) is 0 Å². The molecule has 0 radical (unpaired) electrons. The fourth-order valence-corrected chi connectivity index (χ4v) is 2.06. The smallest absolute Gasteiger partial charge is 0.191 e. The zero-order valence-electron chi connectivity index (χ0n) is 13.3. The van der Waals surface area contributed by atoms with Crippen molar-refractivity contribution in [2.24, 2.45) is 4.99 Å². The number of rotatable bonds is 6.